The Morgan fingerprint density at radius 2 is 1.67 bits per heavy atom. The summed E-state index contributed by atoms with van der Waals surface area (Å²) in [6.45, 7) is 6.38. The highest BCUT2D eigenvalue weighted by molar-refractivity contribution is 6.01. The topological polar surface area (TPSA) is 46.1 Å². The van der Waals surface area contributed by atoms with Crippen molar-refractivity contribution in [1.82, 2.24) is 9.97 Å². The summed E-state index contributed by atoms with van der Waals surface area (Å²) in [6.07, 6.45) is 2.17. The fraction of sp³-hybridized carbons (Fsp3) is 0.261. The highest BCUT2D eigenvalue weighted by Crippen LogP contribution is 2.36. The van der Waals surface area contributed by atoms with Crippen LogP contribution in [0.3, 0.4) is 0 Å². The molecule has 0 aliphatic carbocycles. The number of rotatable bonds is 4. The zero-order valence-electron chi connectivity index (χ0n) is 15.9. The Balaban J connectivity index is 1.78. The maximum Gasteiger partial charge on any atom is 0.233 e. The van der Waals surface area contributed by atoms with Gasteiger partial charge < -0.3 is 0 Å². The molecule has 4 heteroatoms. The molecule has 0 N–H and O–H groups in total. The number of fused-ring (bicyclic) bond motifs is 1. The summed E-state index contributed by atoms with van der Waals surface area (Å²) in [4.78, 5) is 24.0. The van der Waals surface area contributed by atoms with E-state index >= 15 is 0 Å². The predicted molar refractivity (Wildman–Crippen MR) is 108 cm³/mol. The van der Waals surface area contributed by atoms with Crippen LogP contribution in [0.5, 0.6) is 0 Å². The zero-order chi connectivity index (χ0) is 19.0. The summed E-state index contributed by atoms with van der Waals surface area (Å²) in [5.74, 6) is 1.86. The van der Waals surface area contributed by atoms with Crippen molar-refractivity contribution >= 4 is 11.7 Å². The zero-order valence-corrected chi connectivity index (χ0v) is 15.9. The normalized spacial score (nSPS) is 14.5. The van der Waals surface area contributed by atoms with Crippen molar-refractivity contribution in [2.24, 2.45) is 0 Å². The van der Waals surface area contributed by atoms with Crippen molar-refractivity contribution in [3.05, 3.63) is 77.5 Å². The molecule has 4 rings (SSSR count). The second-order valence-corrected chi connectivity index (χ2v) is 7.31. The van der Waals surface area contributed by atoms with Crippen molar-refractivity contribution in [2.45, 2.75) is 39.2 Å². The number of benzene rings is 2. The molecule has 1 amide bonds. The molecule has 2 heterocycles. The standard InChI is InChI=1S/C23H23N3O/c1-15(2)19-11-7-8-12-20(19)22-24-14-18-13-21(27)26(23(18)25-22)16(3)17-9-5-4-6-10-17/h4-12,14-16H,13H2,1-3H3/t16-/m1/s1. The maximum atomic E-state index is 12.7. The lowest BCUT2D eigenvalue weighted by Crippen LogP contribution is -2.30. The highest BCUT2D eigenvalue weighted by atomic mass is 16.2. The van der Waals surface area contributed by atoms with Gasteiger partial charge in [0.2, 0.25) is 5.91 Å². The van der Waals surface area contributed by atoms with Crippen LogP contribution in [0.15, 0.2) is 60.8 Å². The van der Waals surface area contributed by atoms with Gasteiger partial charge in [0, 0.05) is 17.3 Å². The Kier molecular flexibility index (Phi) is 4.48. The average molecular weight is 357 g/mol. The SMILES string of the molecule is CC(C)c1ccccc1-c1ncc2c(n1)N([C@H](C)c1ccccc1)C(=O)C2. The van der Waals surface area contributed by atoms with Gasteiger partial charge in [0.05, 0.1) is 12.5 Å². The van der Waals surface area contributed by atoms with Crippen molar-refractivity contribution in [3.8, 4) is 11.4 Å². The van der Waals surface area contributed by atoms with E-state index in [1.54, 1.807) is 0 Å². The Morgan fingerprint density at radius 1 is 0.963 bits per heavy atom. The van der Waals surface area contributed by atoms with Gasteiger partial charge in [-0.25, -0.2) is 9.97 Å². The summed E-state index contributed by atoms with van der Waals surface area (Å²) in [7, 11) is 0. The third kappa shape index (κ3) is 3.12. The number of anilines is 1. The Labute approximate surface area is 159 Å². The largest absolute Gasteiger partial charge is 0.289 e. The monoisotopic (exact) mass is 357 g/mol. The fourth-order valence-corrected chi connectivity index (χ4v) is 3.71. The van der Waals surface area contributed by atoms with Gasteiger partial charge >= 0.3 is 0 Å². The molecule has 1 atom stereocenters. The minimum absolute atomic E-state index is 0.0666. The third-order valence-corrected chi connectivity index (χ3v) is 5.17. The number of aromatic nitrogens is 2. The van der Waals surface area contributed by atoms with E-state index in [9.17, 15) is 4.79 Å². The van der Waals surface area contributed by atoms with Crippen molar-refractivity contribution < 1.29 is 4.79 Å². The van der Waals surface area contributed by atoms with Gasteiger partial charge in [0.1, 0.15) is 5.82 Å². The molecule has 27 heavy (non-hydrogen) atoms. The van der Waals surface area contributed by atoms with Crippen LogP contribution in [0.4, 0.5) is 5.82 Å². The molecule has 0 spiro atoms. The molecule has 0 radical (unpaired) electrons. The smallest absolute Gasteiger partial charge is 0.233 e. The number of amides is 1. The van der Waals surface area contributed by atoms with Gasteiger partial charge in [-0.1, -0.05) is 68.4 Å². The molecular formula is C23H23N3O. The first kappa shape index (κ1) is 17.4. The van der Waals surface area contributed by atoms with Gasteiger partial charge in [-0.15, -0.1) is 0 Å². The molecule has 1 aliphatic rings. The van der Waals surface area contributed by atoms with E-state index in [2.05, 4.69) is 31.0 Å². The van der Waals surface area contributed by atoms with Crippen LogP contribution >= 0.6 is 0 Å². The van der Waals surface area contributed by atoms with Gasteiger partial charge in [0.15, 0.2) is 5.82 Å². The van der Waals surface area contributed by atoms with E-state index in [0.29, 0.717) is 18.2 Å². The number of hydrogen-bond acceptors (Lipinski definition) is 3. The summed E-state index contributed by atoms with van der Waals surface area (Å²) >= 11 is 0. The van der Waals surface area contributed by atoms with Gasteiger partial charge in [-0.05, 0) is 24.0 Å². The molecular weight excluding hydrogens is 334 g/mol. The average Bonchev–Trinajstić information content (AvgIpc) is 3.03. The minimum atomic E-state index is -0.0666. The summed E-state index contributed by atoms with van der Waals surface area (Å²) in [5.41, 5.74) is 4.24. The quantitative estimate of drug-likeness (QED) is 0.666. The first-order valence-corrected chi connectivity index (χ1v) is 9.38. The third-order valence-electron chi connectivity index (χ3n) is 5.17. The molecule has 136 valence electrons. The molecule has 1 aliphatic heterocycles. The van der Waals surface area contributed by atoms with E-state index in [-0.39, 0.29) is 11.9 Å². The van der Waals surface area contributed by atoms with Crippen molar-refractivity contribution in [3.63, 3.8) is 0 Å². The first-order chi connectivity index (χ1) is 13.1. The number of nitrogens with zero attached hydrogens (tertiary/aromatic N) is 3. The minimum Gasteiger partial charge on any atom is -0.289 e. The molecule has 0 bridgehead atoms. The molecule has 2 aromatic carbocycles. The molecule has 3 aromatic rings. The second-order valence-electron chi connectivity index (χ2n) is 7.31. The molecule has 0 saturated heterocycles. The molecule has 1 aromatic heterocycles. The van der Waals surface area contributed by atoms with Crippen LogP contribution in [-0.2, 0) is 11.2 Å². The van der Waals surface area contributed by atoms with Crippen molar-refractivity contribution in [2.75, 3.05) is 4.90 Å². The van der Waals surface area contributed by atoms with Crippen LogP contribution in [0.2, 0.25) is 0 Å². The van der Waals surface area contributed by atoms with Crippen LogP contribution in [0.25, 0.3) is 11.4 Å². The number of hydrogen-bond donors (Lipinski definition) is 0. The maximum absolute atomic E-state index is 12.7. The molecule has 4 nitrogen and oxygen atoms in total. The van der Waals surface area contributed by atoms with Crippen molar-refractivity contribution in [1.29, 1.82) is 0 Å². The predicted octanol–water partition coefficient (Wildman–Crippen LogP) is 4.92. The fourth-order valence-electron chi connectivity index (χ4n) is 3.71. The van der Waals surface area contributed by atoms with Crippen LogP contribution < -0.4 is 4.90 Å². The van der Waals surface area contributed by atoms with E-state index in [4.69, 9.17) is 4.98 Å². The summed E-state index contributed by atoms with van der Waals surface area (Å²) in [5, 5.41) is 0. The molecule has 0 saturated carbocycles. The van der Waals surface area contributed by atoms with E-state index < -0.39 is 0 Å². The van der Waals surface area contributed by atoms with Gasteiger partial charge in [-0.2, -0.15) is 0 Å². The van der Waals surface area contributed by atoms with Gasteiger partial charge in [0.25, 0.3) is 0 Å². The Hall–Kier alpha value is -3.01. The lowest BCUT2D eigenvalue weighted by Gasteiger charge is -2.25. The van der Waals surface area contributed by atoms with E-state index in [1.807, 2.05) is 60.5 Å². The van der Waals surface area contributed by atoms with Gasteiger partial charge in [-0.3, -0.25) is 9.69 Å². The summed E-state index contributed by atoms with van der Waals surface area (Å²) in [6, 6.07) is 18.2. The summed E-state index contributed by atoms with van der Waals surface area (Å²) < 4.78 is 0. The number of carbonyl (C=O) groups excluding carboxylic acids is 1. The van der Waals surface area contributed by atoms with E-state index in [0.717, 1.165) is 22.5 Å². The number of carbonyl (C=O) groups is 1. The Morgan fingerprint density at radius 3 is 2.41 bits per heavy atom. The van der Waals surface area contributed by atoms with Crippen LogP contribution in [-0.4, -0.2) is 15.9 Å². The first-order valence-electron chi connectivity index (χ1n) is 9.38. The second kappa shape index (κ2) is 6.95. The lowest BCUT2D eigenvalue weighted by atomic mass is 9.97. The Bertz CT molecular complexity index is 982. The molecule has 0 unspecified atom stereocenters. The lowest BCUT2D eigenvalue weighted by molar-refractivity contribution is -0.117. The van der Waals surface area contributed by atoms with E-state index in [1.165, 1.54) is 5.56 Å². The van der Waals surface area contributed by atoms with Crippen LogP contribution in [0, 0.1) is 0 Å². The molecule has 0 fully saturated rings. The highest BCUT2D eigenvalue weighted by Gasteiger charge is 2.34. The van der Waals surface area contributed by atoms with Crippen LogP contribution in [0.1, 0.15) is 49.4 Å².